The Bertz CT molecular complexity index is 981. The third kappa shape index (κ3) is 4.51. The van der Waals surface area contributed by atoms with Gasteiger partial charge >= 0.3 is 0 Å². The average molecular weight is 421 g/mol. The highest BCUT2D eigenvalue weighted by atomic mass is 16.6. The summed E-state index contributed by atoms with van der Waals surface area (Å²) in [6.45, 7) is 5.06. The van der Waals surface area contributed by atoms with Crippen LogP contribution in [0.4, 0.5) is 11.4 Å². The van der Waals surface area contributed by atoms with E-state index in [9.17, 15) is 19.7 Å². The highest BCUT2D eigenvalue weighted by Crippen LogP contribution is 2.44. The largest absolute Gasteiger partial charge is 0.307 e. The molecule has 7 nitrogen and oxygen atoms in total. The van der Waals surface area contributed by atoms with Crippen LogP contribution in [0.25, 0.3) is 0 Å². The number of benzene rings is 2. The molecule has 2 aromatic carbocycles. The number of fused-ring (bicyclic) bond motifs is 1. The second kappa shape index (κ2) is 8.98. The Labute approximate surface area is 181 Å². The zero-order chi connectivity index (χ0) is 22.0. The summed E-state index contributed by atoms with van der Waals surface area (Å²) in [5.74, 6) is 0.883. The van der Waals surface area contributed by atoms with E-state index in [1.165, 1.54) is 29.8 Å². The van der Waals surface area contributed by atoms with Crippen molar-refractivity contribution in [2.24, 2.45) is 5.92 Å². The van der Waals surface area contributed by atoms with Crippen LogP contribution in [0.2, 0.25) is 0 Å². The van der Waals surface area contributed by atoms with Crippen molar-refractivity contribution in [3.8, 4) is 0 Å². The lowest BCUT2D eigenvalue weighted by Gasteiger charge is -2.35. The normalized spacial score (nSPS) is 19.3. The summed E-state index contributed by atoms with van der Waals surface area (Å²) in [7, 11) is 0. The molecule has 1 fully saturated rings. The fourth-order valence-electron chi connectivity index (χ4n) is 4.81. The summed E-state index contributed by atoms with van der Waals surface area (Å²) in [5, 5.41) is 10.9. The Morgan fingerprint density at radius 1 is 1.06 bits per heavy atom. The van der Waals surface area contributed by atoms with Crippen molar-refractivity contribution in [3.63, 3.8) is 0 Å². The molecule has 1 atom stereocenters. The number of nitro groups is 1. The van der Waals surface area contributed by atoms with Crippen LogP contribution < -0.4 is 4.90 Å². The maximum Gasteiger partial charge on any atom is 0.269 e. The molecule has 7 heteroatoms. The van der Waals surface area contributed by atoms with E-state index in [0.717, 1.165) is 38.2 Å². The molecule has 1 saturated heterocycles. The molecule has 31 heavy (non-hydrogen) atoms. The van der Waals surface area contributed by atoms with Crippen molar-refractivity contribution < 1.29 is 14.5 Å². The number of carbonyl (C=O) groups is 2. The number of amides is 1. The smallest absolute Gasteiger partial charge is 0.269 e. The summed E-state index contributed by atoms with van der Waals surface area (Å²) >= 11 is 0. The molecule has 0 saturated carbocycles. The van der Waals surface area contributed by atoms with Gasteiger partial charge in [-0.25, -0.2) is 0 Å². The zero-order valence-electron chi connectivity index (χ0n) is 17.7. The summed E-state index contributed by atoms with van der Waals surface area (Å²) in [4.78, 5) is 39.1. The van der Waals surface area contributed by atoms with Crippen LogP contribution in [0.5, 0.6) is 0 Å². The van der Waals surface area contributed by atoms with Crippen LogP contribution in [-0.2, 0) is 4.79 Å². The van der Waals surface area contributed by atoms with Crippen molar-refractivity contribution in [2.45, 2.75) is 32.1 Å². The number of ketones is 1. The number of anilines is 1. The maximum atomic E-state index is 13.2. The van der Waals surface area contributed by atoms with E-state index in [1.807, 2.05) is 23.1 Å². The molecule has 1 amide bonds. The third-order valence-electron chi connectivity index (χ3n) is 6.56. The molecule has 0 aliphatic carbocycles. The monoisotopic (exact) mass is 421 g/mol. The van der Waals surface area contributed by atoms with Gasteiger partial charge in [0.1, 0.15) is 5.78 Å². The van der Waals surface area contributed by atoms with Crippen LogP contribution in [0.1, 0.15) is 48.0 Å². The van der Waals surface area contributed by atoms with Gasteiger partial charge in [-0.05, 0) is 62.5 Å². The molecule has 0 bridgehead atoms. The third-order valence-corrected chi connectivity index (χ3v) is 6.56. The minimum atomic E-state index is -0.460. The van der Waals surface area contributed by atoms with E-state index < -0.39 is 4.92 Å². The zero-order valence-corrected chi connectivity index (χ0v) is 17.7. The van der Waals surface area contributed by atoms with Gasteiger partial charge in [0.25, 0.3) is 11.6 Å². The molecule has 0 aromatic heterocycles. The van der Waals surface area contributed by atoms with Gasteiger partial charge in [0, 0.05) is 48.8 Å². The molecule has 1 unspecified atom stereocenters. The van der Waals surface area contributed by atoms with E-state index in [1.54, 1.807) is 6.92 Å². The van der Waals surface area contributed by atoms with Gasteiger partial charge < -0.3 is 9.80 Å². The first-order chi connectivity index (χ1) is 14.9. The quantitative estimate of drug-likeness (QED) is 0.519. The predicted octanol–water partition coefficient (Wildman–Crippen LogP) is 4.03. The lowest BCUT2D eigenvalue weighted by molar-refractivity contribution is -0.384. The van der Waals surface area contributed by atoms with Crippen LogP contribution in [0.3, 0.4) is 0 Å². The molecule has 0 N–H and O–H groups in total. The lowest BCUT2D eigenvalue weighted by Crippen LogP contribution is -2.38. The van der Waals surface area contributed by atoms with Crippen LogP contribution in [0, 0.1) is 16.0 Å². The van der Waals surface area contributed by atoms with Gasteiger partial charge in [0.15, 0.2) is 0 Å². The molecule has 162 valence electrons. The molecule has 2 aliphatic rings. The highest BCUT2D eigenvalue weighted by molar-refractivity contribution is 6.07. The van der Waals surface area contributed by atoms with Crippen LogP contribution >= 0.6 is 0 Å². The van der Waals surface area contributed by atoms with E-state index in [2.05, 4.69) is 11.0 Å². The minimum Gasteiger partial charge on any atom is -0.307 e. The minimum absolute atomic E-state index is 0.0206. The molecular formula is C24H27N3O4. The Morgan fingerprint density at radius 3 is 2.39 bits per heavy atom. The topological polar surface area (TPSA) is 83.8 Å². The van der Waals surface area contributed by atoms with Crippen molar-refractivity contribution in [3.05, 3.63) is 69.8 Å². The number of hydrogen-bond acceptors (Lipinski definition) is 5. The number of carbonyl (C=O) groups excluding carboxylic acids is 2. The maximum absolute atomic E-state index is 13.2. The summed E-state index contributed by atoms with van der Waals surface area (Å²) in [6, 6.07) is 13.9. The highest BCUT2D eigenvalue weighted by Gasteiger charge is 2.38. The van der Waals surface area contributed by atoms with Gasteiger partial charge in [0.05, 0.1) is 4.92 Å². The number of hydrogen-bond donors (Lipinski definition) is 0. The number of nitro benzene ring substituents is 1. The van der Waals surface area contributed by atoms with Gasteiger partial charge in [0.2, 0.25) is 0 Å². The number of piperidine rings is 1. The van der Waals surface area contributed by atoms with E-state index in [0.29, 0.717) is 24.4 Å². The first kappa shape index (κ1) is 21.2. The molecule has 2 heterocycles. The fraction of sp³-hybridized carbons (Fsp3) is 0.417. The second-order valence-corrected chi connectivity index (χ2v) is 8.52. The number of rotatable bonds is 6. The van der Waals surface area contributed by atoms with E-state index >= 15 is 0 Å². The Balaban J connectivity index is 1.48. The number of para-hydroxylation sites is 1. The lowest BCUT2D eigenvalue weighted by atomic mass is 9.81. The van der Waals surface area contributed by atoms with E-state index in [-0.39, 0.29) is 23.3 Å². The predicted molar refractivity (Wildman–Crippen MR) is 118 cm³/mol. The van der Waals surface area contributed by atoms with Crippen molar-refractivity contribution in [1.29, 1.82) is 0 Å². The summed E-state index contributed by atoms with van der Waals surface area (Å²) in [6.07, 6.45) is 2.71. The number of Topliss-reactive ketones (excluding diaryl/α,β-unsaturated/α-hetero) is 1. The molecule has 2 aliphatic heterocycles. The molecule has 0 spiro atoms. The summed E-state index contributed by atoms with van der Waals surface area (Å²) in [5.41, 5.74) is 2.59. The number of likely N-dealkylation sites (tertiary alicyclic amines) is 1. The second-order valence-electron chi connectivity index (χ2n) is 8.52. The van der Waals surface area contributed by atoms with Gasteiger partial charge in [-0.3, -0.25) is 19.7 Å². The van der Waals surface area contributed by atoms with Crippen LogP contribution in [-0.4, -0.2) is 47.7 Å². The molecule has 0 radical (unpaired) electrons. The van der Waals surface area contributed by atoms with E-state index in [4.69, 9.17) is 0 Å². The van der Waals surface area contributed by atoms with Gasteiger partial charge in [-0.1, -0.05) is 18.2 Å². The first-order valence-electron chi connectivity index (χ1n) is 10.8. The fourth-order valence-corrected chi connectivity index (χ4v) is 4.81. The van der Waals surface area contributed by atoms with Gasteiger partial charge in [-0.15, -0.1) is 0 Å². The van der Waals surface area contributed by atoms with Crippen molar-refractivity contribution in [1.82, 2.24) is 4.90 Å². The average Bonchev–Trinajstić information content (AvgIpc) is 3.17. The Hall–Kier alpha value is -3.06. The Kier molecular flexibility index (Phi) is 6.13. The molecule has 4 rings (SSSR count). The SMILES string of the molecule is CC(=O)CCN1CCC(C2CN(C(=O)c3ccc([N+](=O)[O-])cc3)c3ccccc32)CC1. The van der Waals surface area contributed by atoms with Gasteiger partial charge in [-0.2, -0.15) is 0 Å². The van der Waals surface area contributed by atoms with Crippen molar-refractivity contribution >= 4 is 23.1 Å². The molecule has 2 aromatic rings. The standard InChI is InChI=1S/C24H27N3O4/c1-17(28)10-13-25-14-11-18(12-15-25)22-16-26(23-5-3-2-4-21(22)23)24(29)19-6-8-20(9-7-19)27(30)31/h2-9,18,22H,10-16H2,1H3. The Morgan fingerprint density at radius 2 is 1.74 bits per heavy atom. The summed E-state index contributed by atoms with van der Waals surface area (Å²) < 4.78 is 0. The molecular weight excluding hydrogens is 394 g/mol. The van der Waals surface area contributed by atoms with Crippen molar-refractivity contribution in [2.75, 3.05) is 31.1 Å². The first-order valence-corrected chi connectivity index (χ1v) is 10.8. The number of nitrogens with zero attached hydrogens (tertiary/aromatic N) is 3. The number of non-ortho nitro benzene ring substituents is 1. The van der Waals surface area contributed by atoms with Crippen LogP contribution in [0.15, 0.2) is 48.5 Å².